The first-order chi connectivity index (χ1) is 13.0. The van der Waals surface area contributed by atoms with Gasteiger partial charge in [0.2, 0.25) is 15.9 Å². The van der Waals surface area contributed by atoms with Gasteiger partial charge in [0.25, 0.3) is 0 Å². The molecule has 152 valence electrons. The molecule has 28 heavy (non-hydrogen) atoms. The zero-order valence-corrected chi connectivity index (χ0v) is 17.1. The fourth-order valence-corrected chi connectivity index (χ4v) is 4.45. The highest BCUT2D eigenvalue weighted by atomic mass is 35.5. The second-order valence-corrected chi connectivity index (χ2v) is 8.92. The van der Waals surface area contributed by atoms with Crippen LogP contribution in [0.15, 0.2) is 52.3 Å². The van der Waals surface area contributed by atoms with Crippen molar-refractivity contribution in [1.29, 1.82) is 0 Å². The Morgan fingerprint density at radius 2 is 1.86 bits per heavy atom. The topological polar surface area (TPSA) is 66.5 Å². The lowest BCUT2D eigenvalue weighted by molar-refractivity contribution is -0.137. The van der Waals surface area contributed by atoms with Crippen molar-refractivity contribution in [2.24, 2.45) is 0 Å². The smallest absolute Gasteiger partial charge is 0.324 e. The number of thioether (sulfide) groups is 1. The van der Waals surface area contributed by atoms with Gasteiger partial charge in [0.1, 0.15) is 4.90 Å². The standard InChI is InChI=1S/C17H16ClF3N2O3S2/c1-23(10-16(24)22-13-5-3-4-6-14(13)27-2)28(25,26)15-9-11(17(19,20)21)7-8-12(15)18/h3-9H,10H2,1-2H3,(H,22,24). The van der Waals surface area contributed by atoms with Crippen molar-refractivity contribution in [2.75, 3.05) is 25.2 Å². The van der Waals surface area contributed by atoms with E-state index < -0.39 is 39.1 Å². The van der Waals surface area contributed by atoms with Crippen LogP contribution in [-0.2, 0) is 21.0 Å². The van der Waals surface area contributed by atoms with Crippen LogP contribution in [-0.4, -0.2) is 38.5 Å². The summed E-state index contributed by atoms with van der Waals surface area (Å²) >= 11 is 7.20. The van der Waals surface area contributed by atoms with Gasteiger partial charge < -0.3 is 5.32 Å². The van der Waals surface area contributed by atoms with Crippen LogP contribution in [0.1, 0.15) is 5.56 Å². The van der Waals surface area contributed by atoms with Gasteiger partial charge in [0, 0.05) is 11.9 Å². The Morgan fingerprint density at radius 3 is 2.46 bits per heavy atom. The molecule has 0 aromatic heterocycles. The maximum absolute atomic E-state index is 12.9. The molecule has 2 aromatic carbocycles. The first-order valence-electron chi connectivity index (χ1n) is 7.72. The van der Waals surface area contributed by atoms with Gasteiger partial charge in [0.05, 0.1) is 22.8 Å². The summed E-state index contributed by atoms with van der Waals surface area (Å²) in [5.74, 6) is -0.643. The SMILES string of the molecule is CSc1ccccc1NC(=O)CN(C)S(=O)(=O)c1cc(C(F)(F)F)ccc1Cl. The number of carbonyl (C=O) groups excluding carboxylic acids is 1. The van der Waals surface area contributed by atoms with E-state index in [0.717, 1.165) is 18.0 Å². The van der Waals surface area contributed by atoms with Gasteiger partial charge in [-0.05, 0) is 36.6 Å². The number of amides is 1. The normalized spacial score (nSPS) is 12.2. The molecule has 1 amide bonds. The molecule has 0 bridgehead atoms. The molecule has 1 N–H and O–H groups in total. The highest BCUT2D eigenvalue weighted by molar-refractivity contribution is 7.98. The van der Waals surface area contributed by atoms with Gasteiger partial charge in [-0.15, -0.1) is 11.8 Å². The molecule has 0 fully saturated rings. The summed E-state index contributed by atoms with van der Waals surface area (Å²) in [5, 5.41) is 2.22. The summed E-state index contributed by atoms with van der Waals surface area (Å²) in [6, 6.07) is 8.93. The van der Waals surface area contributed by atoms with Gasteiger partial charge in [-0.2, -0.15) is 17.5 Å². The molecule has 0 saturated heterocycles. The minimum atomic E-state index is -4.73. The minimum absolute atomic E-state index is 0.368. The lowest BCUT2D eigenvalue weighted by Gasteiger charge is -2.19. The Hall–Kier alpha value is -1.75. The predicted octanol–water partition coefficient (Wildman–Crippen LogP) is 4.34. The number of nitrogens with zero attached hydrogens (tertiary/aromatic N) is 1. The molecule has 0 aliphatic rings. The number of hydrogen-bond acceptors (Lipinski definition) is 4. The van der Waals surface area contributed by atoms with E-state index in [1.807, 2.05) is 6.26 Å². The van der Waals surface area contributed by atoms with E-state index in [4.69, 9.17) is 11.6 Å². The van der Waals surface area contributed by atoms with Gasteiger partial charge in [-0.1, -0.05) is 23.7 Å². The summed E-state index contributed by atoms with van der Waals surface area (Å²) < 4.78 is 64.6. The van der Waals surface area contributed by atoms with Crippen LogP contribution in [0.25, 0.3) is 0 Å². The quantitative estimate of drug-likeness (QED) is 0.662. The summed E-state index contributed by atoms with van der Waals surface area (Å²) in [6.45, 7) is -0.600. The van der Waals surface area contributed by atoms with Crippen molar-refractivity contribution in [3.8, 4) is 0 Å². The number of benzene rings is 2. The summed E-state index contributed by atoms with van der Waals surface area (Å²) in [5.41, 5.74) is -0.648. The number of rotatable bonds is 6. The molecule has 0 atom stereocenters. The largest absolute Gasteiger partial charge is 0.416 e. The van der Waals surface area contributed by atoms with E-state index in [1.54, 1.807) is 24.3 Å². The fourth-order valence-electron chi connectivity index (χ4n) is 2.27. The molecule has 0 heterocycles. The number of nitrogens with one attached hydrogen (secondary N) is 1. The number of anilines is 1. The van der Waals surface area contributed by atoms with Gasteiger partial charge >= 0.3 is 6.18 Å². The number of hydrogen-bond donors (Lipinski definition) is 1. The van der Waals surface area contributed by atoms with Crippen molar-refractivity contribution in [3.63, 3.8) is 0 Å². The molecule has 0 saturated carbocycles. The van der Waals surface area contributed by atoms with Crippen LogP contribution in [0, 0.1) is 0 Å². The maximum Gasteiger partial charge on any atom is 0.416 e. The zero-order chi connectivity index (χ0) is 21.1. The number of para-hydroxylation sites is 1. The summed E-state index contributed by atoms with van der Waals surface area (Å²) in [7, 11) is -3.33. The van der Waals surface area contributed by atoms with E-state index in [0.29, 0.717) is 22.1 Å². The molecule has 0 aliphatic heterocycles. The van der Waals surface area contributed by atoms with E-state index in [1.165, 1.54) is 11.8 Å². The third-order valence-electron chi connectivity index (χ3n) is 3.69. The number of halogens is 4. The molecule has 2 rings (SSSR count). The minimum Gasteiger partial charge on any atom is -0.324 e. The molecule has 0 unspecified atom stereocenters. The first kappa shape index (κ1) is 22.5. The third kappa shape index (κ3) is 5.19. The summed E-state index contributed by atoms with van der Waals surface area (Å²) in [6.07, 6.45) is -2.91. The third-order valence-corrected chi connectivity index (χ3v) is 6.77. The van der Waals surface area contributed by atoms with Crippen molar-refractivity contribution in [3.05, 3.63) is 53.1 Å². The zero-order valence-electron chi connectivity index (χ0n) is 14.7. The number of carbonyl (C=O) groups is 1. The van der Waals surface area contributed by atoms with Crippen molar-refractivity contribution in [2.45, 2.75) is 16.0 Å². The molecule has 5 nitrogen and oxygen atoms in total. The van der Waals surface area contributed by atoms with E-state index in [9.17, 15) is 26.4 Å². The van der Waals surface area contributed by atoms with Gasteiger partial charge in [-0.3, -0.25) is 4.79 Å². The van der Waals surface area contributed by atoms with Crippen LogP contribution >= 0.6 is 23.4 Å². The van der Waals surface area contributed by atoms with E-state index >= 15 is 0 Å². The Balaban J connectivity index is 2.23. The van der Waals surface area contributed by atoms with Crippen LogP contribution in [0.5, 0.6) is 0 Å². The molecule has 0 radical (unpaired) electrons. The second kappa shape index (κ2) is 8.73. The van der Waals surface area contributed by atoms with Crippen molar-refractivity contribution < 1.29 is 26.4 Å². The van der Waals surface area contributed by atoms with Crippen LogP contribution in [0.2, 0.25) is 5.02 Å². The van der Waals surface area contributed by atoms with E-state index in [2.05, 4.69) is 5.32 Å². The second-order valence-electron chi connectivity index (χ2n) is 5.65. The Bertz CT molecular complexity index is 982. The average molecular weight is 453 g/mol. The van der Waals surface area contributed by atoms with Crippen LogP contribution in [0.4, 0.5) is 18.9 Å². The lowest BCUT2D eigenvalue weighted by atomic mass is 10.2. The van der Waals surface area contributed by atoms with Crippen molar-refractivity contribution in [1.82, 2.24) is 4.31 Å². The number of sulfonamides is 1. The molecule has 0 spiro atoms. The van der Waals surface area contributed by atoms with Gasteiger partial charge in [-0.25, -0.2) is 8.42 Å². The molecule has 11 heteroatoms. The maximum atomic E-state index is 12.9. The average Bonchev–Trinajstić information content (AvgIpc) is 2.61. The predicted molar refractivity (Wildman–Crippen MR) is 103 cm³/mol. The fraction of sp³-hybridized carbons (Fsp3) is 0.235. The highest BCUT2D eigenvalue weighted by Crippen LogP contribution is 2.34. The molecule has 2 aromatic rings. The Kier molecular flexibility index (Phi) is 7.02. The number of alkyl halides is 3. The molecular formula is C17H16ClF3N2O3S2. The highest BCUT2D eigenvalue weighted by Gasteiger charge is 2.34. The van der Waals surface area contributed by atoms with Crippen LogP contribution < -0.4 is 5.32 Å². The molecule has 0 aliphatic carbocycles. The Labute approximate surface area is 169 Å². The van der Waals surface area contributed by atoms with E-state index in [-0.39, 0.29) is 5.02 Å². The Morgan fingerprint density at radius 1 is 1.21 bits per heavy atom. The van der Waals surface area contributed by atoms with Crippen molar-refractivity contribution >= 4 is 45.0 Å². The summed E-state index contributed by atoms with van der Waals surface area (Å²) in [4.78, 5) is 12.3. The monoisotopic (exact) mass is 452 g/mol. The molecular weight excluding hydrogens is 437 g/mol. The first-order valence-corrected chi connectivity index (χ1v) is 10.8. The van der Waals surface area contributed by atoms with Gasteiger partial charge in [0.15, 0.2) is 0 Å². The number of likely N-dealkylation sites (N-methyl/N-ethyl adjacent to an activating group) is 1. The lowest BCUT2D eigenvalue weighted by Crippen LogP contribution is -2.35. The van der Waals surface area contributed by atoms with Crippen LogP contribution in [0.3, 0.4) is 0 Å².